The number of nitrogens with zero attached hydrogens (tertiary/aromatic N) is 1. The molecule has 0 aromatic heterocycles. The summed E-state index contributed by atoms with van der Waals surface area (Å²) in [5.74, 6) is -0.820. The number of nitro groups is 1. The Kier molecular flexibility index (Phi) is 6.66. The molecule has 0 aliphatic rings. The van der Waals surface area contributed by atoms with Crippen molar-refractivity contribution in [1.29, 1.82) is 0 Å². The molecule has 21 heavy (non-hydrogen) atoms. The molecule has 3 N–H and O–H groups in total. The van der Waals surface area contributed by atoms with E-state index in [1.165, 1.54) is 24.3 Å². The average Bonchev–Trinajstić information content (AvgIpc) is 2.43. The summed E-state index contributed by atoms with van der Waals surface area (Å²) in [4.78, 5) is 31.8. The number of unbranched alkanes of at least 4 members (excludes halogenated alkanes) is 2. The van der Waals surface area contributed by atoms with E-state index >= 15 is 0 Å². The van der Waals surface area contributed by atoms with Gasteiger partial charge in [-0.3, -0.25) is 14.9 Å². The summed E-state index contributed by atoms with van der Waals surface area (Å²) in [6.45, 7) is 0.443. The third kappa shape index (κ3) is 6.90. The van der Waals surface area contributed by atoms with E-state index < -0.39 is 16.9 Å². The van der Waals surface area contributed by atoms with Gasteiger partial charge in [-0.2, -0.15) is 0 Å². The highest BCUT2D eigenvalue weighted by Gasteiger charge is 2.05. The van der Waals surface area contributed by atoms with E-state index in [4.69, 9.17) is 5.11 Å². The van der Waals surface area contributed by atoms with Gasteiger partial charge in [-0.1, -0.05) is 6.42 Å². The second kappa shape index (κ2) is 8.51. The van der Waals surface area contributed by atoms with Crippen molar-refractivity contribution in [3.05, 3.63) is 34.4 Å². The summed E-state index contributed by atoms with van der Waals surface area (Å²) in [7, 11) is 0. The number of carboxylic acid groups (broad SMARTS) is 1. The first-order valence-electron chi connectivity index (χ1n) is 6.50. The largest absolute Gasteiger partial charge is 0.481 e. The van der Waals surface area contributed by atoms with Crippen molar-refractivity contribution < 1.29 is 19.6 Å². The lowest BCUT2D eigenvalue weighted by Gasteiger charge is -2.07. The number of aliphatic carboxylic acids is 1. The number of hydrogen-bond donors (Lipinski definition) is 3. The van der Waals surface area contributed by atoms with E-state index in [2.05, 4.69) is 10.6 Å². The van der Waals surface area contributed by atoms with Gasteiger partial charge in [0.25, 0.3) is 5.69 Å². The number of carboxylic acids is 1. The summed E-state index contributed by atoms with van der Waals surface area (Å²) in [6, 6.07) is 5.11. The number of rotatable bonds is 8. The molecule has 1 rings (SSSR count). The molecule has 0 aliphatic heterocycles. The van der Waals surface area contributed by atoms with Crippen LogP contribution in [0.4, 0.5) is 16.2 Å². The zero-order valence-corrected chi connectivity index (χ0v) is 11.4. The van der Waals surface area contributed by atoms with Crippen LogP contribution in [-0.2, 0) is 4.79 Å². The zero-order chi connectivity index (χ0) is 15.7. The molecule has 0 heterocycles. The molecule has 0 aliphatic carbocycles. The molecule has 2 amide bonds. The normalized spacial score (nSPS) is 9.90. The molecule has 0 fully saturated rings. The predicted molar refractivity (Wildman–Crippen MR) is 76.2 cm³/mol. The van der Waals surface area contributed by atoms with Gasteiger partial charge < -0.3 is 15.7 Å². The average molecular weight is 295 g/mol. The van der Waals surface area contributed by atoms with E-state index in [1.54, 1.807) is 0 Å². The van der Waals surface area contributed by atoms with Crippen LogP contribution >= 0.6 is 0 Å². The van der Waals surface area contributed by atoms with Crippen molar-refractivity contribution in [2.75, 3.05) is 11.9 Å². The minimum Gasteiger partial charge on any atom is -0.481 e. The number of carbonyl (C=O) groups is 2. The lowest BCUT2D eigenvalue weighted by Crippen LogP contribution is -2.29. The van der Waals surface area contributed by atoms with Crippen LogP contribution in [0.3, 0.4) is 0 Å². The Morgan fingerprint density at radius 2 is 1.81 bits per heavy atom. The number of hydrogen-bond acceptors (Lipinski definition) is 4. The standard InChI is InChI=1S/C13H17N3O5/c17-12(18)4-2-1-3-9-14-13(19)15-10-5-7-11(8-6-10)16(20)21/h5-8H,1-4,9H2,(H,17,18)(H2,14,15,19). The van der Waals surface area contributed by atoms with Crippen molar-refractivity contribution in [3.63, 3.8) is 0 Å². The summed E-state index contributed by atoms with van der Waals surface area (Å²) in [5.41, 5.74) is 0.420. The molecule has 0 atom stereocenters. The third-order valence-corrected chi connectivity index (χ3v) is 2.69. The molecule has 8 nitrogen and oxygen atoms in total. The van der Waals surface area contributed by atoms with Crippen LogP contribution in [0.1, 0.15) is 25.7 Å². The lowest BCUT2D eigenvalue weighted by atomic mass is 10.2. The fourth-order valence-corrected chi connectivity index (χ4v) is 1.62. The number of urea groups is 1. The Hall–Kier alpha value is -2.64. The third-order valence-electron chi connectivity index (χ3n) is 2.69. The van der Waals surface area contributed by atoms with E-state index in [-0.39, 0.29) is 12.1 Å². The van der Waals surface area contributed by atoms with Crippen molar-refractivity contribution in [2.45, 2.75) is 25.7 Å². The minimum absolute atomic E-state index is 0.0422. The van der Waals surface area contributed by atoms with Gasteiger partial charge >= 0.3 is 12.0 Å². The summed E-state index contributed by atoms with van der Waals surface area (Å²) in [5, 5.41) is 24.1. The molecule has 0 radical (unpaired) electrons. The fraction of sp³-hybridized carbons (Fsp3) is 0.385. The van der Waals surface area contributed by atoms with Crippen LogP contribution in [0.25, 0.3) is 0 Å². The molecule has 1 aromatic rings. The van der Waals surface area contributed by atoms with Crippen molar-refractivity contribution >= 4 is 23.4 Å². The van der Waals surface area contributed by atoms with Gasteiger partial charge in [0.15, 0.2) is 0 Å². The maximum atomic E-state index is 11.5. The first-order valence-corrected chi connectivity index (χ1v) is 6.50. The molecule has 0 saturated heterocycles. The van der Waals surface area contributed by atoms with Crippen LogP contribution in [0.2, 0.25) is 0 Å². The lowest BCUT2D eigenvalue weighted by molar-refractivity contribution is -0.384. The van der Waals surface area contributed by atoms with E-state index in [0.29, 0.717) is 25.1 Å². The molecule has 114 valence electrons. The fourth-order valence-electron chi connectivity index (χ4n) is 1.62. The van der Waals surface area contributed by atoms with Gasteiger partial charge in [-0.25, -0.2) is 4.79 Å². The van der Waals surface area contributed by atoms with E-state index in [1.807, 2.05) is 0 Å². The van der Waals surface area contributed by atoms with Crippen LogP contribution in [0, 0.1) is 10.1 Å². The smallest absolute Gasteiger partial charge is 0.319 e. The van der Waals surface area contributed by atoms with Crippen LogP contribution in [0.5, 0.6) is 0 Å². The number of non-ortho nitro benzene ring substituents is 1. The van der Waals surface area contributed by atoms with Gasteiger partial charge in [-0.15, -0.1) is 0 Å². The molecule has 0 spiro atoms. The Labute approximate surface area is 121 Å². The van der Waals surface area contributed by atoms with Crippen molar-refractivity contribution in [3.8, 4) is 0 Å². The van der Waals surface area contributed by atoms with Crippen LogP contribution < -0.4 is 10.6 Å². The highest BCUT2D eigenvalue weighted by molar-refractivity contribution is 5.89. The van der Waals surface area contributed by atoms with E-state index in [9.17, 15) is 19.7 Å². The van der Waals surface area contributed by atoms with Gasteiger partial charge in [0.1, 0.15) is 0 Å². The Morgan fingerprint density at radius 1 is 1.14 bits per heavy atom. The molecule has 0 unspecified atom stereocenters. The SMILES string of the molecule is O=C(O)CCCCCNC(=O)Nc1ccc([N+](=O)[O-])cc1. The van der Waals surface area contributed by atoms with Crippen molar-refractivity contribution in [1.82, 2.24) is 5.32 Å². The predicted octanol–water partition coefficient (Wildman–Crippen LogP) is 2.36. The number of anilines is 1. The van der Waals surface area contributed by atoms with Gasteiger partial charge in [0.05, 0.1) is 4.92 Å². The Balaban J connectivity index is 2.21. The van der Waals surface area contributed by atoms with Gasteiger partial charge in [0.2, 0.25) is 0 Å². The van der Waals surface area contributed by atoms with E-state index in [0.717, 1.165) is 6.42 Å². The summed E-state index contributed by atoms with van der Waals surface area (Å²) < 4.78 is 0. The van der Waals surface area contributed by atoms with Gasteiger partial charge in [0, 0.05) is 30.8 Å². The van der Waals surface area contributed by atoms with Crippen LogP contribution in [-0.4, -0.2) is 28.6 Å². The minimum atomic E-state index is -0.820. The highest BCUT2D eigenvalue weighted by Crippen LogP contribution is 2.15. The maximum Gasteiger partial charge on any atom is 0.319 e. The number of amides is 2. The molecular weight excluding hydrogens is 278 g/mol. The second-order valence-corrected chi connectivity index (χ2v) is 4.39. The Morgan fingerprint density at radius 3 is 2.38 bits per heavy atom. The molecule has 1 aromatic carbocycles. The Bertz CT molecular complexity index is 501. The highest BCUT2D eigenvalue weighted by atomic mass is 16.6. The number of nitro benzene ring substituents is 1. The zero-order valence-electron chi connectivity index (χ0n) is 11.4. The van der Waals surface area contributed by atoms with Gasteiger partial charge in [-0.05, 0) is 25.0 Å². The molecule has 0 bridgehead atoms. The quantitative estimate of drug-likeness (QED) is 0.386. The number of benzene rings is 1. The first kappa shape index (κ1) is 16.4. The molecule has 0 saturated carbocycles. The first-order chi connectivity index (χ1) is 9.99. The van der Waals surface area contributed by atoms with Crippen molar-refractivity contribution in [2.24, 2.45) is 0 Å². The summed E-state index contributed by atoms with van der Waals surface area (Å²) in [6.07, 6.45) is 2.14. The topological polar surface area (TPSA) is 122 Å². The summed E-state index contributed by atoms with van der Waals surface area (Å²) >= 11 is 0. The molecular formula is C13H17N3O5. The number of nitrogens with one attached hydrogen (secondary N) is 2. The number of carbonyl (C=O) groups excluding carboxylic acids is 1. The molecule has 8 heteroatoms. The second-order valence-electron chi connectivity index (χ2n) is 4.39. The maximum absolute atomic E-state index is 11.5. The monoisotopic (exact) mass is 295 g/mol. The van der Waals surface area contributed by atoms with Crippen LogP contribution in [0.15, 0.2) is 24.3 Å².